The van der Waals surface area contributed by atoms with Gasteiger partial charge in [-0.3, -0.25) is 9.78 Å². The summed E-state index contributed by atoms with van der Waals surface area (Å²) < 4.78 is 14.5. The number of hydrogen-bond acceptors (Lipinski definition) is 2. The van der Waals surface area contributed by atoms with Gasteiger partial charge in [0.05, 0.1) is 5.69 Å². The standard InChI is InChI=1S/C20H17FN2O/c1-12-2-4-13(5-3-12)16-10-17(16)20(24)23-18-7-6-14-11-22-9-8-15(14)19(18)21/h2-9,11,16-17H,10H2,1H3,(H,23,24)/t16-,17+/m0/s1. The van der Waals surface area contributed by atoms with Gasteiger partial charge in [0.15, 0.2) is 5.82 Å². The molecule has 3 nitrogen and oxygen atoms in total. The molecular weight excluding hydrogens is 303 g/mol. The van der Waals surface area contributed by atoms with Crippen molar-refractivity contribution in [1.82, 2.24) is 4.98 Å². The summed E-state index contributed by atoms with van der Waals surface area (Å²) in [5, 5.41) is 3.93. The highest BCUT2D eigenvalue weighted by Gasteiger charge is 2.44. The molecule has 1 aliphatic rings. The lowest BCUT2D eigenvalue weighted by Gasteiger charge is -2.08. The first-order valence-electron chi connectivity index (χ1n) is 8.03. The number of fused-ring (bicyclic) bond motifs is 1. The van der Waals surface area contributed by atoms with E-state index in [-0.39, 0.29) is 23.4 Å². The van der Waals surface area contributed by atoms with Gasteiger partial charge in [-0.15, -0.1) is 0 Å². The lowest BCUT2D eigenvalue weighted by molar-refractivity contribution is -0.117. The Morgan fingerprint density at radius 2 is 1.96 bits per heavy atom. The normalized spacial score (nSPS) is 19.2. The van der Waals surface area contributed by atoms with E-state index in [1.165, 1.54) is 11.1 Å². The van der Waals surface area contributed by atoms with Crippen LogP contribution in [0.5, 0.6) is 0 Å². The fourth-order valence-corrected chi connectivity index (χ4v) is 3.12. The summed E-state index contributed by atoms with van der Waals surface area (Å²) in [5.41, 5.74) is 2.60. The highest BCUT2D eigenvalue weighted by molar-refractivity contribution is 5.97. The molecule has 2 aromatic carbocycles. The van der Waals surface area contributed by atoms with Gasteiger partial charge in [0.25, 0.3) is 0 Å². The van der Waals surface area contributed by atoms with Gasteiger partial charge in [0, 0.05) is 29.1 Å². The third kappa shape index (κ3) is 2.64. The maximum atomic E-state index is 14.5. The predicted octanol–water partition coefficient (Wildman–Crippen LogP) is 4.42. The van der Waals surface area contributed by atoms with E-state index in [2.05, 4.69) is 34.6 Å². The number of aryl methyl sites for hydroxylation is 1. The Balaban J connectivity index is 1.51. The number of aromatic nitrogens is 1. The van der Waals surface area contributed by atoms with Crippen LogP contribution in [0.1, 0.15) is 23.5 Å². The SMILES string of the molecule is Cc1ccc([C@@H]2C[C@H]2C(=O)Nc2ccc3cnccc3c2F)cc1. The summed E-state index contributed by atoms with van der Waals surface area (Å²) in [5.74, 6) is -0.373. The number of anilines is 1. The van der Waals surface area contributed by atoms with E-state index >= 15 is 0 Å². The van der Waals surface area contributed by atoms with Crippen molar-refractivity contribution in [3.63, 3.8) is 0 Å². The van der Waals surface area contributed by atoms with Crippen LogP contribution in [0.2, 0.25) is 0 Å². The molecule has 2 atom stereocenters. The first kappa shape index (κ1) is 14.8. The van der Waals surface area contributed by atoms with E-state index in [4.69, 9.17) is 0 Å². The van der Waals surface area contributed by atoms with E-state index in [1.807, 2.05) is 6.92 Å². The van der Waals surface area contributed by atoms with Gasteiger partial charge in [0.2, 0.25) is 5.91 Å². The van der Waals surface area contributed by atoms with E-state index in [9.17, 15) is 9.18 Å². The molecule has 0 saturated heterocycles. The molecule has 1 saturated carbocycles. The van der Waals surface area contributed by atoms with Gasteiger partial charge in [-0.1, -0.05) is 35.9 Å². The first-order chi connectivity index (χ1) is 11.6. The van der Waals surface area contributed by atoms with Crippen molar-refractivity contribution in [3.8, 4) is 0 Å². The third-order valence-electron chi connectivity index (χ3n) is 4.64. The molecular formula is C20H17FN2O. The van der Waals surface area contributed by atoms with Crippen LogP contribution in [0.4, 0.5) is 10.1 Å². The van der Waals surface area contributed by atoms with E-state index in [0.717, 1.165) is 11.8 Å². The maximum absolute atomic E-state index is 14.5. The number of halogens is 1. The van der Waals surface area contributed by atoms with Gasteiger partial charge >= 0.3 is 0 Å². The highest BCUT2D eigenvalue weighted by Crippen LogP contribution is 2.48. The molecule has 3 aromatic rings. The number of hydrogen-bond donors (Lipinski definition) is 1. The quantitative estimate of drug-likeness (QED) is 0.776. The Bertz CT molecular complexity index is 921. The molecule has 0 radical (unpaired) electrons. The lowest BCUT2D eigenvalue weighted by atomic mass is 10.1. The average Bonchev–Trinajstić information content (AvgIpc) is 3.39. The van der Waals surface area contributed by atoms with Crippen molar-refractivity contribution >= 4 is 22.4 Å². The minimum absolute atomic E-state index is 0.0831. The van der Waals surface area contributed by atoms with Crippen molar-refractivity contribution in [3.05, 3.63) is 71.8 Å². The number of benzene rings is 2. The molecule has 0 spiro atoms. The molecule has 0 bridgehead atoms. The second-order valence-electron chi connectivity index (χ2n) is 6.37. The van der Waals surface area contributed by atoms with Crippen molar-refractivity contribution in [2.45, 2.75) is 19.3 Å². The first-order valence-corrected chi connectivity index (χ1v) is 8.03. The number of carbonyl (C=O) groups excluding carboxylic acids is 1. The van der Waals surface area contributed by atoms with Crippen LogP contribution < -0.4 is 5.32 Å². The molecule has 4 rings (SSSR count). The molecule has 1 amide bonds. The zero-order valence-electron chi connectivity index (χ0n) is 13.3. The Kier molecular flexibility index (Phi) is 3.53. The van der Waals surface area contributed by atoms with Gasteiger partial charge in [-0.2, -0.15) is 0 Å². The highest BCUT2D eigenvalue weighted by atomic mass is 19.1. The largest absolute Gasteiger partial charge is 0.323 e. The molecule has 1 heterocycles. The van der Waals surface area contributed by atoms with Crippen LogP contribution in [0.25, 0.3) is 10.8 Å². The van der Waals surface area contributed by atoms with Crippen LogP contribution in [0, 0.1) is 18.7 Å². The number of pyridine rings is 1. The van der Waals surface area contributed by atoms with Crippen molar-refractivity contribution in [2.24, 2.45) is 5.92 Å². The molecule has 1 aliphatic carbocycles. The van der Waals surface area contributed by atoms with Crippen molar-refractivity contribution in [2.75, 3.05) is 5.32 Å². The van der Waals surface area contributed by atoms with Crippen molar-refractivity contribution < 1.29 is 9.18 Å². The second-order valence-corrected chi connectivity index (χ2v) is 6.37. The lowest BCUT2D eigenvalue weighted by Crippen LogP contribution is -2.15. The molecule has 1 aromatic heterocycles. The number of nitrogens with zero attached hydrogens (tertiary/aromatic N) is 1. The van der Waals surface area contributed by atoms with Crippen LogP contribution >= 0.6 is 0 Å². The summed E-state index contributed by atoms with van der Waals surface area (Å²) >= 11 is 0. The molecule has 24 heavy (non-hydrogen) atoms. The zero-order chi connectivity index (χ0) is 16.7. The molecule has 120 valence electrons. The predicted molar refractivity (Wildman–Crippen MR) is 92.4 cm³/mol. The molecule has 1 fully saturated rings. The van der Waals surface area contributed by atoms with Gasteiger partial charge < -0.3 is 5.32 Å². The second kappa shape index (κ2) is 5.71. The number of amides is 1. The fraction of sp³-hybridized carbons (Fsp3) is 0.200. The molecule has 4 heteroatoms. The summed E-state index contributed by atoms with van der Waals surface area (Å²) in [6.07, 6.45) is 3.97. The third-order valence-corrected chi connectivity index (χ3v) is 4.64. The van der Waals surface area contributed by atoms with E-state index < -0.39 is 5.82 Å². The Labute approximate surface area is 139 Å². The number of rotatable bonds is 3. The van der Waals surface area contributed by atoms with Crippen LogP contribution in [-0.2, 0) is 4.79 Å². The summed E-state index contributed by atoms with van der Waals surface area (Å²) in [6.45, 7) is 2.04. The Hall–Kier alpha value is -2.75. The smallest absolute Gasteiger partial charge is 0.228 e. The average molecular weight is 320 g/mol. The van der Waals surface area contributed by atoms with Gasteiger partial charge in [0.1, 0.15) is 0 Å². The minimum atomic E-state index is -0.407. The number of carbonyl (C=O) groups is 1. The van der Waals surface area contributed by atoms with Crippen molar-refractivity contribution in [1.29, 1.82) is 0 Å². The van der Waals surface area contributed by atoms with Crippen LogP contribution in [0.15, 0.2) is 54.9 Å². The monoisotopic (exact) mass is 320 g/mol. The topological polar surface area (TPSA) is 42.0 Å². The summed E-state index contributed by atoms with van der Waals surface area (Å²) in [6, 6.07) is 13.2. The Morgan fingerprint density at radius 1 is 1.17 bits per heavy atom. The summed E-state index contributed by atoms with van der Waals surface area (Å²) in [7, 11) is 0. The summed E-state index contributed by atoms with van der Waals surface area (Å²) in [4.78, 5) is 16.4. The van der Waals surface area contributed by atoms with E-state index in [0.29, 0.717) is 5.39 Å². The van der Waals surface area contributed by atoms with Gasteiger partial charge in [-0.05, 0) is 37.0 Å². The molecule has 0 unspecified atom stereocenters. The minimum Gasteiger partial charge on any atom is -0.323 e. The van der Waals surface area contributed by atoms with Crippen LogP contribution in [0.3, 0.4) is 0 Å². The molecule has 1 N–H and O–H groups in total. The van der Waals surface area contributed by atoms with E-state index in [1.54, 1.807) is 30.6 Å². The van der Waals surface area contributed by atoms with Gasteiger partial charge in [-0.25, -0.2) is 4.39 Å². The Morgan fingerprint density at radius 3 is 2.75 bits per heavy atom. The zero-order valence-corrected chi connectivity index (χ0v) is 13.3. The van der Waals surface area contributed by atoms with Crippen LogP contribution in [-0.4, -0.2) is 10.9 Å². The number of nitrogens with one attached hydrogen (secondary N) is 1. The molecule has 0 aliphatic heterocycles. The fourth-order valence-electron chi connectivity index (χ4n) is 3.12. The maximum Gasteiger partial charge on any atom is 0.228 e.